The van der Waals surface area contributed by atoms with Gasteiger partial charge in [-0.15, -0.1) is 0 Å². The van der Waals surface area contributed by atoms with Crippen molar-refractivity contribution >= 4 is 19.7 Å². The third-order valence-electron chi connectivity index (χ3n) is 12.3. The highest BCUT2D eigenvalue weighted by Gasteiger charge is 2.46. The zero-order valence-electron chi connectivity index (χ0n) is 36.6. The van der Waals surface area contributed by atoms with E-state index in [1.165, 1.54) is 12.1 Å². The molecule has 0 bridgehead atoms. The number of hydrogen-bond acceptors (Lipinski definition) is 6. The summed E-state index contributed by atoms with van der Waals surface area (Å²) in [6, 6.07) is 58.1. The van der Waals surface area contributed by atoms with E-state index in [4.69, 9.17) is 9.47 Å². The summed E-state index contributed by atoms with van der Waals surface area (Å²) in [5, 5.41) is 0. The van der Waals surface area contributed by atoms with Gasteiger partial charge in [0.2, 0.25) is 19.7 Å². The molecular weight excluding hydrogens is 852 g/mol. The molecule has 0 heterocycles. The average molecular weight is 899 g/mol. The molecule has 0 saturated heterocycles. The number of benzene rings is 8. The molecule has 0 N–H and O–H groups in total. The summed E-state index contributed by atoms with van der Waals surface area (Å²) < 4.78 is 79.9. The number of hydrogen-bond donors (Lipinski definition) is 0. The lowest BCUT2D eigenvalue weighted by Crippen LogP contribution is -2.29. The predicted molar refractivity (Wildman–Crippen MR) is 253 cm³/mol. The number of sulfone groups is 2. The Bertz CT molecular complexity index is 3200. The van der Waals surface area contributed by atoms with Crippen LogP contribution < -0.4 is 9.47 Å². The lowest BCUT2D eigenvalue weighted by Gasteiger charge is -2.34. The topological polar surface area (TPSA) is 86.7 Å². The van der Waals surface area contributed by atoms with Crippen molar-refractivity contribution in [2.45, 2.75) is 70.6 Å². The van der Waals surface area contributed by atoms with Gasteiger partial charge in [0.1, 0.15) is 28.7 Å². The summed E-state index contributed by atoms with van der Waals surface area (Å²) in [6.45, 7) is 10.1. The molecule has 6 nitrogen and oxygen atoms in total. The molecule has 1 aliphatic carbocycles. The highest BCUT2D eigenvalue weighted by atomic mass is 32.2. The van der Waals surface area contributed by atoms with Gasteiger partial charge in [-0.1, -0.05) is 118 Å². The Hall–Kier alpha value is -6.81. The lowest BCUT2D eigenvalue weighted by molar-refractivity contribution is 0.109. The third-order valence-corrected chi connectivity index (χ3v) is 15.9. The van der Waals surface area contributed by atoms with Crippen LogP contribution in [-0.2, 0) is 36.1 Å². The van der Waals surface area contributed by atoms with Gasteiger partial charge in [0.25, 0.3) is 0 Å². The highest BCUT2D eigenvalue weighted by Crippen LogP contribution is 2.56. The van der Waals surface area contributed by atoms with Gasteiger partial charge in [0.15, 0.2) is 0 Å². The first kappa shape index (κ1) is 43.4. The van der Waals surface area contributed by atoms with E-state index in [-0.39, 0.29) is 25.0 Å². The van der Waals surface area contributed by atoms with Crippen molar-refractivity contribution in [2.75, 3.05) is 0 Å². The van der Waals surface area contributed by atoms with E-state index < -0.39 is 36.5 Å². The van der Waals surface area contributed by atoms with Crippen molar-refractivity contribution in [1.82, 2.24) is 0 Å². The van der Waals surface area contributed by atoms with Crippen LogP contribution in [-0.4, -0.2) is 16.8 Å². The summed E-state index contributed by atoms with van der Waals surface area (Å²) in [6.07, 6.45) is 0. The fraction of sp³-hybridized carbons (Fsp3) is 0.143. The second-order valence-electron chi connectivity index (χ2n) is 17.8. The van der Waals surface area contributed by atoms with E-state index in [0.717, 1.165) is 56.6 Å². The molecule has 326 valence electrons. The predicted octanol–water partition coefficient (Wildman–Crippen LogP) is 13.3. The Balaban J connectivity index is 0.989. The van der Waals surface area contributed by atoms with Crippen LogP contribution >= 0.6 is 0 Å². The average Bonchev–Trinajstić information content (AvgIpc) is 3.60. The summed E-state index contributed by atoms with van der Waals surface area (Å²) in [5.74, 6) is 1.24. The van der Waals surface area contributed by atoms with Crippen LogP contribution in [0.2, 0.25) is 0 Å². The van der Waals surface area contributed by atoms with Crippen molar-refractivity contribution in [2.24, 2.45) is 0 Å². The smallest absolute Gasteiger partial charge is 0.206 e. The molecule has 1 aliphatic rings. The third kappa shape index (κ3) is 7.93. The summed E-state index contributed by atoms with van der Waals surface area (Å²) in [5.41, 5.74) is 6.89. The van der Waals surface area contributed by atoms with Crippen molar-refractivity contribution in [3.05, 3.63) is 233 Å². The maximum atomic E-state index is 13.5. The monoisotopic (exact) mass is 898 g/mol. The van der Waals surface area contributed by atoms with Crippen molar-refractivity contribution in [3.8, 4) is 28.4 Å². The Labute approximate surface area is 380 Å². The molecule has 8 aromatic rings. The minimum absolute atomic E-state index is 0.0216. The van der Waals surface area contributed by atoms with Gasteiger partial charge < -0.3 is 9.47 Å². The maximum absolute atomic E-state index is 13.5. The Morgan fingerprint density at radius 3 is 1.20 bits per heavy atom. The van der Waals surface area contributed by atoms with Crippen LogP contribution in [0.5, 0.6) is 17.2 Å². The molecule has 0 unspecified atom stereocenters. The normalized spacial score (nSPS) is 13.4. The molecule has 9 rings (SSSR count). The van der Waals surface area contributed by atoms with E-state index >= 15 is 0 Å². The second-order valence-corrected chi connectivity index (χ2v) is 21.7. The minimum atomic E-state index is -3.83. The van der Waals surface area contributed by atoms with Crippen LogP contribution in [0.1, 0.15) is 68.0 Å². The van der Waals surface area contributed by atoms with Gasteiger partial charge in [0, 0.05) is 0 Å². The van der Waals surface area contributed by atoms with Crippen LogP contribution in [0, 0.1) is 5.82 Å². The van der Waals surface area contributed by atoms with Gasteiger partial charge in [-0.05, 0) is 161 Å². The summed E-state index contributed by atoms with van der Waals surface area (Å²) >= 11 is 0. The Kier molecular flexibility index (Phi) is 10.9. The lowest BCUT2D eigenvalue weighted by atomic mass is 9.68. The van der Waals surface area contributed by atoms with Crippen molar-refractivity contribution in [3.63, 3.8) is 0 Å². The highest BCUT2D eigenvalue weighted by molar-refractivity contribution is 7.91. The zero-order valence-corrected chi connectivity index (χ0v) is 38.3. The van der Waals surface area contributed by atoms with Crippen LogP contribution in [0.3, 0.4) is 0 Å². The van der Waals surface area contributed by atoms with E-state index in [1.807, 2.05) is 50.2 Å². The number of fused-ring (bicyclic) bond motifs is 3. The summed E-state index contributed by atoms with van der Waals surface area (Å²) in [4.78, 5) is 0.563. The molecule has 8 aromatic carbocycles. The molecule has 9 heteroatoms. The van der Waals surface area contributed by atoms with Gasteiger partial charge in [-0.2, -0.15) is 0 Å². The van der Waals surface area contributed by atoms with Gasteiger partial charge in [0.05, 0.1) is 25.0 Å². The van der Waals surface area contributed by atoms with Crippen molar-refractivity contribution < 1.29 is 30.7 Å². The largest absolute Gasteiger partial charge is 0.483 e. The van der Waals surface area contributed by atoms with Crippen LogP contribution in [0.25, 0.3) is 11.1 Å². The second kappa shape index (κ2) is 16.3. The zero-order chi connectivity index (χ0) is 45.8. The quantitative estimate of drug-likeness (QED) is 0.120. The summed E-state index contributed by atoms with van der Waals surface area (Å²) in [7, 11) is -7.55. The van der Waals surface area contributed by atoms with E-state index in [1.54, 1.807) is 60.7 Å². The van der Waals surface area contributed by atoms with Crippen LogP contribution in [0.4, 0.5) is 4.39 Å². The first-order valence-electron chi connectivity index (χ1n) is 21.3. The number of rotatable bonds is 11. The maximum Gasteiger partial charge on any atom is 0.206 e. The van der Waals surface area contributed by atoms with Gasteiger partial charge in [-0.3, -0.25) is 0 Å². The van der Waals surface area contributed by atoms with E-state index in [9.17, 15) is 21.2 Å². The first-order chi connectivity index (χ1) is 31.0. The van der Waals surface area contributed by atoms with E-state index in [2.05, 4.69) is 93.6 Å². The van der Waals surface area contributed by atoms with Gasteiger partial charge in [-0.25, -0.2) is 21.2 Å². The molecule has 0 aromatic heterocycles. The van der Waals surface area contributed by atoms with Crippen LogP contribution in [0.15, 0.2) is 214 Å². The molecule has 0 spiro atoms. The van der Waals surface area contributed by atoms with Crippen molar-refractivity contribution in [1.29, 1.82) is 0 Å². The standard InChI is InChI=1S/C56H47FO6S2/c1-54(2,3)38-18-30-46(31-19-38)65(60,61)49-36-28-44(29-37-49)62-43-24-14-40(15-25-43)56(52-12-8-6-10-50(52)51-11-7-9-13-53(51)56)41-16-26-45(27-17-41)63-55(4,5)39-20-32-47(33-21-39)64(58,59)48-34-22-42(57)23-35-48/h6-37H,1-5H3. The SMILES string of the molecule is CC(C)(C)c1ccc(S(=O)(=O)c2ccc(Oc3ccc(C4(c5ccc(OC(C)(C)c6ccc(S(=O)(=O)c7ccc(F)cc7)cc6)cc5)c5ccccc5-c5ccccc54)cc3)cc2)cc1. The fourth-order valence-corrected chi connectivity index (χ4v) is 11.3. The number of halogens is 1. The molecule has 0 aliphatic heterocycles. The van der Waals surface area contributed by atoms with E-state index in [0.29, 0.717) is 17.2 Å². The molecular formula is C56H47FO6S2. The molecule has 0 atom stereocenters. The van der Waals surface area contributed by atoms with Gasteiger partial charge >= 0.3 is 0 Å². The number of ether oxygens (including phenoxy) is 2. The molecule has 65 heavy (non-hydrogen) atoms. The molecule has 0 fully saturated rings. The molecule has 0 saturated carbocycles. The Morgan fingerprint density at radius 2 is 0.769 bits per heavy atom. The minimum Gasteiger partial charge on any atom is -0.483 e. The first-order valence-corrected chi connectivity index (χ1v) is 24.3. The fourth-order valence-electron chi connectivity index (χ4n) is 8.80. The molecule has 0 radical (unpaired) electrons. The Morgan fingerprint density at radius 1 is 0.415 bits per heavy atom. The molecule has 0 amide bonds.